The van der Waals surface area contributed by atoms with Crippen LogP contribution in [0.25, 0.3) is 0 Å². The van der Waals surface area contributed by atoms with E-state index in [1.165, 1.54) is 6.07 Å². The Balaban J connectivity index is 1.75. The Labute approximate surface area is 166 Å². The van der Waals surface area contributed by atoms with E-state index in [9.17, 15) is 19.7 Å². The highest BCUT2D eigenvalue weighted by molar-refractivity contribution is 8.00. The van der Waals surface area contributed by atoms with Crippen LogP contribution in [0.15, 0.2) is 47.4 Å². The zero-order valence-electron chi connectivity index (χ0n) is 15.6. The molecule has 1 amide bonds. The van der Waals surface area contributed by atoms with Gasteiger partial charge in [-0.15, -0.1) is 11.8 Å². The minimum Gasteiger partial charge on any atom is -0.452 e. The first-order chi connectivity index (χ1) is 13.4. The SMILES string of the molecule is Cc1cccc(C(=O)OCC(=O)N2CC[C@@H](C)Sc3ccccc32)c1[N+](=O)[O-]. The summed E-state index contributed by atoms with van der Waals surface area (Å²) >= 11 is 1.71. The fraction of sp³-hybridized carbons (Fsp3) is 0.300. The van der Waals surface area contributed by atoms with Crippen molar-refractivity contribution in [2.75, 3.05) is 18.1 Å². The van der Waals surface area contributed by atoms with E-state index in [1.807, 2.05) is 24.3 Å². The molecule has 0 unspecified atom stereocenters. The molecule has 1 heterocycles. The van der Waals surface area contributed by atoms with Crippen LogP contribution in [0.5, 0.6) is 0 Å². The lowest BCUT2D eigenvalue weighted by Crippen LogP contribution is -2.35. The number of nitro groups is 1. The van der Waals surface area contributed by atoms with Gasteiger partial charge >= 0.3 is 5.97 Å². The molecule has 0 fully saturated rings. The second kappa shape index (κ2) is 8.43. The van der Waals surface area contributed by atoms with E-state index < -0.39 is 17.5 Å². The van der Waals surface area contributed by atoms with Crippen LogP contribution in [-0.2, 0) is 9.53 Å². The molecular formula is C20H20N2O5S. The van der Waals surface area contributed by atoms with Crippen molar-refractivity contribution in [2.45, 2.75) is 30.4 Å². The minimum absolute atomic E-state index is 0.154. The number of thioether (sulfide) groups is 1. The third-order valence-corrected chi connectivity index (χ3v) is 5.75. The van der Waals surface area contributed by atoms with Crippen LogP contribution in [0.2, 0.25) is 0 Å². The molecule has 1 aliphatic heterocycles. The lowest BCUT2D eigenvalue weighted by Gasteiger charge is -2.22. The maximum atomic E-state index is 12.7. The molecule has 0 aliphatic carbocycles. The molecule has 8 heteroatoms. The van der Waals surface area contributed by atoms with Gasteiger partial charge in [0.25, 0.3) is 11.6 Å². The Hall–Kier alpha value is -2.87. The number of rotatable bonds is 4. The quantitative estimate of drug-likeness (QED) is 0.438. The third kappa shape index (κ3) is 4.17. The predicted octanol–water partition coefficient (Wildman–Crippen LogP) is 3.98. The smallest absolute Gasteiger partial charge is 0.345 e. The van der Waals surface area contributed by atoms with Crippen LogP contribution in [0.4, 0.5) is 11.4 Å². The number of aryl methyl sites for hydroxylation is 1. The van der Waals surface area contributed by atoms with Crippen LogP contribution >= 0.6 is 11.8 Å². The van der Waals surface area contributed by atoms with Crippen molar-refractivity contribution in [1.29, 1.82) is 0 Å². The highest BCUT2D eigenvalue weighted by atomic mass is 32.2. The van der Waals surface area contributed by atoms with Gasteiger partial charge in [-0.25, -0.2) is 4.79 Å². The second-order valence-electron chi connectivity index (χ2n) is 6.53. The van der Waals surface area contributed by atoms with Crippen molar-refractivity contribution < 1.29 is 19.2 Å². The Bertz CT molecular complexity index is 931. The summed E-state index contributed by atoms with van der Waals surface area (Å²) in [6.45, 7) is 3.70. The Morgan fingerprint density at radius 3 is 2.75 bits per heavy atom. The van der Waals surface area contributed by atoms with Crippen LogP contribution in [0, 0.1) is 17.0 Å². The molecule has 0 radical (unpaired) electrons. The number of hydrogen-bond donors (Lipinski definition) is 0. The van der Waals surface area contributed by atoms with Gasteiger partial charge in [0.2, 0.25) is 0 Å². The van der Waals surface area contributed by atoms with E-state index in [1.54, 1.807) is 35.7 Å². The van der Waals surface area contributed by atoms with Crippen molar-refractivity contribution in [3.05, 3.63) is 63.7 Å². The molecule has 0 saturated heterocycles. The van der Waals surface area contributed by atoms with E-state index >= 15 is 0 Å². The average Bonchev–Trinajstić information content (AvgIpc) is 2.83. The summed E-state index contributed by atoms with van der Waals surface area (Å²) in [7, 11) is 0. The summed E-state index contributed by atoms with van der Waals surface area (Å²) in [6, 6.07) is 12.0. The van der Waals surface area contributed by atoms with E-state index in [2.05, 4.69) is 6.92 Å². The normalized spacial score (nSPS) is 16.1. The first-order valence-electron chi connectivity index (χ1n) is 8.85. The molecule has 0 bridgehead atoms. The standard InChI is InChI=1S/C20H20N2O5S/c1-13-6-5-7-15(19(13)22(25)26)20(24)27-12-18(23)21-11-10-14(2)28-17-9-4-3-8-16(17)21/h3-9,14H,10-12H2,1-2H3/t14-/m1/s1. The van der Waals surface area contributed by atoms with E-state index in [0.29, 0.717) is 17.4 Å². The lowest BCUT2D eigenvalue weighted by molar-refractivity contribution is -0.385. The van der Waals surface area contributed by atoms with Gasteiger partial charge < -0.3 is 9.64 Å². The van der Waals surface area contributed by atoms with Gasteiger partial charge in [0.15, 0.2) is 6.61 Å². The van der Waals surface area contributed by atoms with Crippen molar-refractivity contribution in [3.63, 3.8) is 0 Å². The highest BCUT2D eigenvalue weighted by Gasteiger charge is 2.27. The Morgan fingerprint density at radius 2 is 2.00 bits per heavy atom. The maximum absolute atomic E-state index is 12.7. The number of benzene rings is 2. The van der Waals surface area contributed by atoms with E-state index in [4.69, 9.17) is 4.74 Å². The molecule has 2 aromatic carbocycles. The van der Waals surface area contributed by atoms with E-state index in [-0.39, 0.29) is 17.2 Å². The minimum atomic E-state index is -0.880. The monoisotopic (exact) mass is 400 g/mol. The van der Waals surface area contributed by atoms with Crippen molar-refractivity contribution in [1.82, 2.24) is 0 Å². The molecule has 1 aliphatic rings. The largest absolute Gasteiger partial charge is 0.452 e. The van der Waals surface area contributed by atoms with Gasteiger partial charge in [-0.05, 0) is 31.5 Å². The van der Waals surface area contributed by atoms with Crippen LogP contribution in [0.1, 0.15) is 29.3 Å². The molecule has 7 nitrogen and oxygen atoms in total. The zero-order valence-corrected chi connectivity index (χ0v) is 16.4. The Morgan fingerprint density at radius 1 is 1.25 bits per heavy atom. The molecule has 28 heavy (non-hydrogen) atoms. The van der Waals surface area contributed by atoms with Crippen LogP contribution in [0.3, 0.4) is 0 Å². The summed E-state index contributed by atoms with van der Waals surface area (Å²) in [4.78, 5) is 38.4. The number of nitrogens with zero attached hydrogens (tertiary/aromatic N) is 2. The maximum Gasteiger partial charge on any atom is 0.345 e. The number of hydrogen-bond acceptors (Lipinski definition) is 6. The zero-order chi connectivity index (χ0) is 20.3. The molecule has 0 aromatic heterocycles. The second-order valence-corrected chi connectivity index (χ2v) is 8.01. The first kappa shape index (κ1) is 19.9. The Kier molecular flexibility index (Phi) is 5.99. The van der Waals surface area contributed by atoms with Gasteiger partial charge in [0.1, 0.15) is 5.56 Å². The number of amides is 1. The highest BCUT2D eigenvalue weighted by Crippen LogP contribution is 2.37. The number of fused-ring (bicyclic) bond motifs is 1. The van der Waals surface area contributed by atoms with Gasteiger partial charge in [-0.3, -0.25) is 14.9 Å². The molecule has 0 spiro atoms. The number of carbonyl (C=O) groups excluding carboxylic acids is 2. The van der Waals surface area contributed by atoms with Crippen molar-refractivity contribution >= 4 is 35.0 Å². The lowest BCUT2D eigenvalue weighted by atomic mass is 10.1. The number of para-hydroxylation sites is 2. The van der Waals surface area contributed by atoms with Crippen molar-refractivity contribution in [2.24, 2.45) is 0 Å². The molecule has 1 atom stereocenters. The summed E-state index contributed by atoms with van der Waals surface area (Å²) in [5.41, 5.74) is 0.696. The van der Waals surface area contributed by atoms with Gasteiger partial charge in [-0.2, -0.15) is 0 Å². The van der Waals surface area contributed by atoms with Crippen molar-refractivity contribution in [3.8, 4) is 0 Å². The van der Waals surface area contributed by atoms with Crippen LogP contribution < -0.4 is 4.90 Å². The third-order valence-electron chi connectivity index (χ3n) is 4.51. The van der Waals surface area contributed by atoms with Gasteiger partial charge in [0, 0.05) is 22.3 Å². The topological polar surface area (TPSA) is 89.8 Å². The van der Waals surface area contributed by atoms with Crippen LogP contribution in [-0.4, -0.2) is 35.2 Å². The number of carbonyl (C=O) groups is 2. The fourth-order valence-electron chi connectivity index (χ4n) is 3.09. The molecule has 2 aromatic rings. The molecule has 0 N–H and O–H groups in total. The van der Waals surface area contributed by atoms with E-state index in [0.717, 1.165) is 17.0 Å². The number of esters is 1. The molecule has 0 saturated carbocycles. The molecule has 3 rings (SSSR count). The molecule has 146 valence electrons. The number of anilines is 1. The average molecular weight is 400 g/mol. The summed E-state index contributed by atoms with van der Waals surface area (Å²) in [5.74, 6) is -1.24. The predicted molar refractivity (Wildman–Crippen MR) is 107 cm³/mol. The first-order valence-corrected chi connectivity index (χ1v) is 9.73. The van der Waals surface area contributed by atoms with Gasteiger partial charge in [0.05, 0.1) is 10.6 Å². The number of nitro benzene ring substituents is 1. The summed E-state index contributed by atoms with van der Waals surface area (Å²) in [5, 5.41) is 11.6. The summed E-state index contributed by atoms with van der Waals surface area (Å²) in [6.07, 6.45) is 0.808. The fourth-order valence-corrected chi connectivity index (χ4v) is 4.21. The molecular weight excluding hydrogens is 380 g/mol. The number of ether oxygens (including phenoxy) is 1. The van der Waals surface area contributed by atoms with Gasteiger partial charge in [-0.1, -0.05) is 31.2 Å². The summed E-state index contributed by atoms with van der Waals surface area (Å²) < 4.78 is 5.13.